The van der Waals surface area contributed by atoms with Crippen molar-refractivity contribution in [3.05, 3.63) is 72.1 Å². The Bertz CT molecular complexity index is 1120. The molecule has 0 spiro atoms. The van der Waals surface area contributed by atoms with E-state index in [-0.39, 0.29) is 12.1 Å². The number of hydrogen-bond donors (Lipinski definition) is 3. The molecule has 0 bridgehead atoms. The Kier molecular flexibility index (Phi) is 8.69. The van der Waals surface area contributed by atoms with Crippen molar-refractivity contribution < 1.29 is 29.0 Å². The van der Waals surface area contributed by atoms with Crippen LogP contribution in [0.4, 0.5) is 0 Å². The number of benzene rings is 2. The van der Waals surface area contributed by atoms with E-state index in [4.69, 9.17) is 4.74 Å². The highest BCUT2D eigenvalue weighted by atomic mass is 16.7. The summed E-state index contributed by atoms with van der Waals surface area (Å²) in [5.74, 6) is -1.79. The van der Waals surface area contributed by atoms with Crippen LogP contribution in [0.2, 0.25) is 0 Å². The molecule has 1 aromatic heterocycles. The molecule has 1 unspecified atom stereocenters. The van der Waals surface area contributed by atoms with E-state index in [9.17, 15) is 19.5 Å². The van der Waals surface area contributed by atoms with Crippen LogP contribution < -0.4 is 5.32 Å². The van der Waals surface area contributed by atoms with Crippen LogP contribution >= 0.6 is 0 Å². The van der Waals surface area contributed by atoms with Gasteiger partial charge in [0.2, 0.25) is 6.79 Å². The van der Waals surface area contributed by atoms with Crippen molar-refractivity contribution in [2.75, 3.05) is 13.4 Å². The van der Waals surface area contributed by atoms with Gasteiger partial charge in [-0.15, -0.1) is 5.10 Å². The molecule has 2 aromatic carbocycles. The van der Waals surface area contributed by atoms with Crippen molar-refractivity contribution in [1.29, 1.82) is 0 Å². The lowest BCUT2D eigenvalue weighted by Gasteiger charge is -2.30. The number of hydrogen-bond acceptors (Lipinski definition) is 8. The van der Waals surface area contributed by atoms with Gasteiger partial charge < -0.3 is 19.9 Å². The fourth-order valence-electron chi connectivity index (χ4n) is 3.59. The number of aliphatic hydroxyl groups is 1. The van der Waals surface area contributed by atoms with E-state index in [1.54, 1.807) is 0 Å². The fourth-order valence-corrected chi connectivity index (χ4v) is 3.59. The van der Waals surface area contributed by atoms with E-state index in [1.807, 2.05) is 54.6 Å². The van der Waals surface area contributed by atoms with Crippen LogP contribution in [0.3, 0.4) is 0 Å². The minimum Gasteiger partial charge on any atom is -0.428 e. The maximum atomic E-state index is 12.7. The van der Waals surface area contributed by atoms with Gasteiger partial charge >= 0.3 is 11.9 Å². The zero-order valence-electron chi connectivity index (χ0n) is 19.6. The Morgan fingerprint density at radius 2 is 1.74 bits per heavy atom. The van der Waals surface area contributed by atoms with Crippen molar-refractivity contribution in [3.63, 3.8) is 0 Å². The van der Waals surface area contributed by atoms with Crippen LogP contribution in [0.15, 0.2) is 60.8 Å². The fraction of sp³-hybridized carbons (Fsp3) is 0.320. The van der Waals surface area contributed by atoms with Crippen LogP contribution in [-0.4, -0.2) is 57.8 Å². The van der Waals surface area contributed by atoms with Gasteiger partial charge in [-0.1, -0.05) is 59.8 Å². The minimum atomic E-state index is -1.35. The predicted molar refractivity (Wildman–Crippen MR) is 126 cm³/mol. The van der Waals surface area contributed by atoms with E-state index >= 15 is 0 Å². The van der Waals surface area contributed by atoms with Gasteiger partial charge in [-0.05, 0) is 36.5 Å². The normalized spacial score (nSPS) is 13.3. The maximum Gasteiger partial charge on any atom is 0.317 e. The topological polar surface area (TPSA) is 144 Å². The third kappa shape index (κ3) is 7.21. The third-order valence-corrected chi connectivity index (χ3v) is 5.53. The number of aromatic nitrogens is 3. The number of ether oxygens (including phenoxy) is 2. The molecule has 0 aliphatic heterocycles. The van der Waals surface area contributed by atoms with E-state index in [0.29, 0.717) is 6.42 Å². The summed E-state index contributed by atoms with van der Waals surface area (Å²) in [6, 6.07) is 17.3. The molecule has 0 aliphatic carbocycles. The van der Waals surface area contributed by atoms with Crippen molar-refractivity contribution in [2.24, 2.45) is 5.41 Å². The molecule has 184 valence electrons. The van der Waals surface area contributed by atoms with E-state index in [0.717, 1.165) is 16.7 Å². The molecule has 0 saturated heterocycles. The molecular formula is C25H28N4O6. The number of H-pyrrole nitrogens is 1. The van der Waals surface area contributed by atoms with Gasteiger partial charge in [-0.2, -0.15) is 0 Å². The summed E-state index contributed by atoms with van der Waals surface area (Å²) in [5.41, 5.74) is 1.87. The number of rotatable bonds is 11. The molecule has 10 nitrogen and oxygen atoms in total. The summed E-state index contributed by atoms with van der Waals surface area (Å²) in [6.45, 7) is 1.63. The Morgan fingerprint density at radius 3 is 2.34 bits per heavy atom. The van der Waals surface area contributed by atoms with Gasteiger partial charge in [-0.25, -0.2) is 0 Å². The second kappa shape index (κ2) is 11.9. The highest BCUT2D eigenvalue weighted by molar-refractivity contribution is 5.92. The molecule has 0 saturated carbocycles. The van der Waals surface area contributed by atoms with Crippen LogP contribution in [0.5, 0.6) is 0 Å². The second-order valence-electron chi connectivity index (χ2n) is 8.42. The number of nitrogens with zero attached hydrogens (tertiary/aromatic N) is 2. The van der Waals surface area contributed by atoms with Crippen molar-refractivity contribution in [2.45, 2.75) is 32.7 Å². The quantitative estimate of drug-likeness (QED) is 0.280. The van der Waals surface area contributed by atoms with Crippen LogP contribution in [0.25, 0.3) is 11.1 Å². The average molecular weight is 481 g/mol. The Labute approximate surface area is 202 Å². The molecule has 0 radical (unpaired) electrons. The molecule has 0 aliphatic rings. The molecule has 1 heterocycles. The Morgan fingerprint density at radius 1 is 1.06 bits per heavy atom. The number of amides is 1. The van der Waals surface area contributed by atoms with E-state index < -0.39 is 42.7 Å². The molecule has 35 heavy (non-hydrogen) atoms. The standard InChI is InChI=1S/C25H28N4O6/c1-17(31)34-16-35-24(33)25(2,15-30)13-21(27-23(32)22-14-26-29-28-22)12-18-8-10-20(11-9-18)19-6-4-3-5-7-19/h3-11,14,21,30H,12-13,15-16H2,1-2H3,(H,27,32)(H,26,28,29)/t21-,25?/m1/s1. The lowest BCUT2D eigenvalue weighted by atomic mass is 9.82. The van der Waals surface area contributed by atoms with Gasteiger partial charge in [0, 0.05) is 13.0 Å². The first kappa shape index (κ1) is 25.6. The van der Waals surface area contributed by atoms with Crippen LogP contribution in [-0.2, 0) is 25.5 Å². The number of carbonyl (C=O) groups excluding carboxylic acids is 3. The summed E-state index contributed by atoms with van der Waals surface area (Å²) in [6.07, 6.45) is 1.74. The Balaban J connectivity index is 1.77. The Hall–Kier alpha value is -4.05. The van der Waals surface area contributed by atoms with E-state index in [1.165, 1.54) is 20.0 Å². The zero-order valence-corrected chi connectivity index (χ0v) is 19.6. The first-order chi connectivity index (χ1) is 16.8. The molecule has 3 rings (SSSR count). The minimum absolute atomic E-state index is 0.0656. The molecule has 2 atom stereocenters. The van der Waals surface area contributed by atoms with Gasteiger partial charge in [0.15, 0.2) is 0 Å². The summed E-state index contributed by atoms with van der Waals surface area (Å²) < 4.78 is 9.68. The first-order valence-corrected chi connectivity index (χ1v) is 11.0. The van der Waals surface area contributed by atoms with Gasteiger partial charge in [0.1, 0.15) is 5.69 Å². The number of nitrogens with one attached hydrogen (secondary N) is 2. The third-order valence-electron chi connectivity index (χ3n) is 5.53. The summed E-state index contributed by atoms with van der Waals surface area (Å²) in [4.78, 5) is 36.3. The average Bonchev–Trinajstić information content (AvgIpc) is 3.40. The molecule has 1 amide bonds. The molecular weight excluding hydrogens is 452 g/mol. The number of aliphatic hydroxyl groups excluding tert-OH is 1. The SMILES string of the molecule is CC(=O)OCOC(=O)C(C)(CO)C[C@@H](Cc1ccc(-c2ccccc2)cc1)NC(=O)c1cnn[nH]1. The summed E-state index contributed by atoms with van der Waals surface area (Å²) >= 11 is 0. The number of esters is 2. The smallest absolute Gasteiger partial charge is 0.317 e. The highest BCUT2D eigenvalue weighted by Gasteiger charge is 2.38. The number of aromatic amines is 1. The zero-order chi connectivity index (χ0) is 25.3. The van der Waals surface area contributed by atoms with Gasteiger partial charge in [0.25, 0.3) is 5.91 Å². The highest BCUT2D eigenvalue weighted by Crippen LogP contribution is 2.27. The predicted octanol–water partition coefficient (Wildman–Crippen LogP) is 2.27. The monoisotopic (exact) mass is 480 g/mol. The summed E-state index contributed by atoms with van der Waals surface area (Å²) in [7, 11) is 0. The first-order valence-electron chi connectivity index (χ1n) is 11.0. The van der Waals surface area contributed by atoms with Gasteiger partial charge in [-0.3, -0.25) is 19.5 Å². The maximum absolute atomic E-state index is 12.7. The second-order valence-corrected chi connectivity index (χ2v) is 8.42. The largest absolute Gasteiger partial charge is 0.428 e. The van der Waals surface area contributed by atoms with Gasteiger partial charge in [0.05, 0.1) is 18.2 Å². The summed E-state index contributed by atoms with van der Waals surface area (Å²) in [5, 5.41) is 22.6. The van der Waals surface area contributed by atoms with Crippen LogP contribution in [0.1, 0.15) is 36.3 Å². The van der Waals surface area contributed by atoms with Crippen LogP contribution in [0, 0.1) is 5.41 Å². The lowest BCUT2D eigenvalue weighted by molar-refractivity contribution is -0.175. The van der Waals surface area contributed by atoms with Crippen molar-refractivity contribution in [1.82, 2.24) is 20.7 Å². The van der Waals surface area contributed by atoms with Crippen molar-refractivity contribution >= 4 is 17.8 Å². The van der Waals surface area contributed by atoms with E-state index in [2.05, 4.69) is 25.5 Å². The molecule has 3 N–H and O–H groups in total. The molecule has 10 heteroatoms. The number of carbonyl (C=O) groups is 3. The molecule has 3 aromatic rings. The molecule has 0 fully saturated rings. The lowest BCUT2D eigenvalue weighted by Crippen LogP contribution is -2.45. The van der Waals surface area contributed by atoms with Crippen molar-refractivity contribution in [3.8, 4) is 11.1 Å².